The first-order chi connectivity index (χ1) is 9.09. The van der Waals surface area contributed by atoms with Crippen molar-refractivity contribution in [3.8, 4) is 0 Å². The van der Waals surface area contributed by atoms with Crippen LogP contribution >= 0.6 is 0 Å². The molecule has 0 aromatic carbocycles. The third-order valence-electron chi connectivity index (χ3n) is 3.25. The molecule has 2 aromatic heterocycles. The zero-order valence-corrected chi connectivity index (χ0v) is 11.2. The molecule has 1 aliphatic heterocycles. The third kappa shape index (κ3) is 2.06. The summed E-state index contributed by atoms with van der Waals surface area (Å²) in [5, 5.41) is 4.05. The molecule has 1 N–H and O–H groups in total. The number of aromatic amines is 1. The fraction of sp³-hybridized carbons (Fsp3) is 0.455. The van der Waals surface area contributed by atoms with Gasteiger partial charge in [0.1, 0.15) is 11.5 Å². The number of hydrogen-bond acceptors (Lipinski definition) is 5. The number of nitrogens with zero attached hydrogens (tertiary/aromatic N) is 3. The number of aryl methyl sites for hydroxylation is 1. The molecule has 3 heterocycles. The van der Waals surface area contributed by atoms with Crippen molar-refractivity contribution >= 4 is 10.0 Å². The lowest BCUT2D eigenvalue weighted by Crippen LogP contribution is -2.31. The first-order valence-electron chi connectivity index (χ1n) is 6.02. The molecule has 1 fully saturated rings. The van der Waals surface area contributed by atoms with Crippen molar-refractivity contribution in [1.29, 1.82) is 0 Å². The third-order valence-corrected chi connectivity index (χ3v) is 5.08. The van der Waals surface area contributed by atoms with E-state index in [1.165, 1.54) is 16.8 Å². The first-order valence-corrected chi connectivity index (χ1v) is 7.46. The number of imidazole rings is 1. The lowest BCUT2D eigenvalue weighted by atomic mass is 10.1. The van der Waals surface area contributed by atoms with Crippen LogP contribution in [0.3, 0.4) is 0 Å². The van der Waals surface area contributed by atoms with Gasteiger partial charge < -0.3 is 9.51 Å². The zero-order valence-electron chi connectivity index (χ0n) is 10.4. The second-order valence-electron chi connectivity index (χ2n) is 4.55. The van der Waals surface area contributed by atoms with E-state index in [1.54, 1.807) is 13.0 Å². The summed E-state index contributed by atoms with van der Waals surface area (Å²) < 4.78 is 31.5. The first kappa shape index (κ1) is 12.4. The van der Waals surface area contributed by atoms with Crippen molar-refractivity contribution < 1.29 is 12.9 Å². The Hall–Kier alpha value is -1.67. The Morgan fingerprint density at radius 3 is 3.00 bits per heavy atom. The number of hydrogen-bond donors (Lipinski definition) is 1. The maximum Gasteiger partial charge on any atom is 0.260 e. The molecular weight excluding hydrogens is 268 g/mol. The van der Waals surface area contributed by atoms with E-state index in [9.17, 15) is 8.42 Å². The number of H-pyrrole nitrogens is 1. The molecule has 0 aliphatic carbocycles. The van der Waals surface area contributed by atoms with Crippen LogP contribution in [-0.2, 0) is 10.0 Å². The van der Waals surface area contributed by atoms with Gasteiger partial charge in [0.15, 0.2) is 5.03 Å². The van der Waals surface area contributed by atoms with Crippen LogP contribution in [0.5, 0.6) is 0 Å². The smallest absolute Gasteiger partial charge is 0.260 e. The summed E-state index contributed by atoms with van der Waals surface area (Å²) in [6, 6.07) is 1.52. The number of nitrogens with one attached hydrogen (secondary N) is 1. The molecule has 7 nitrogen and oxygen atoms in total. The molecule has 0 saturated carbocycles. The van der Waals surface area contributed by atoms with E-state index >= 15 is 0 Å². The van der Waals surface area contributed by atoms with Gasteiger partial charge in [0.25, 0.3) is 10.0 Å². The molecular formula is C11H14N4O3S. The van der Waals surface area contributed by atoms with Crippen molar-refractivity contribution in [1.82, 2.24) is 19.4 Å². The average molecular weight is 282 g/mol. The SMILES string of the molecule is Cc1cc(C2CCCN2S(=O)(=O)c2cnc[nH]2)no1. The monoisotopic (exact) mass is 282 g/mol. The fourth-order valence-electron chi connectivity index (χ4n) is 2.38. The van der Waals surface area contributed by atoms with E-state index in [-0.39, 0.29) is 11.1 Å². The van der Waals surface area contributed by atoms with Gasteiger partial charge in [-0.05, 0) is 19.8 Å². The molecule has 102 valence electrons. The highest BCUT2D eigenvalue weighted by molar-refractivity contribution is 7.89. The molecule has 0 bridgehead atoms. The van der Waals surface area contributed by atoms with E-state index in [0.29, 0.717) is 18.0 Å². The van der Waals surface area contributed by atoms with Gasteiger partial charge in [0.2, 0.25) is 0 Å². The van der Waals surface area contributed by atoms with Crippen LogP contribution in [0.25, 0.3) is 0 Å². The van der Waals surface area contributed by atoms with Gasteiger partial charge in [-0.25, -0.2) is 13.4 Å². The van der Waals surface area contributed by atoms with Crippen molar-refractivity contribution in [2.75, 3.05) is 6.54 Å². The lowest BCUT2D eigenvalue weighted by molar-refractivity contribution is 0.349. The molecule has 8 heteroatoms. The Morgan fingerprint density at radius 1 is 1.53 bits per heavy atom. The predicted octanol–water partition coefficient (Wildman–Crippen LogP) is 1.23. The highest BCUT2D eigenvalue weighted by Crippen LogP contribution is 2.35. The van der Waals surface area contributed by atoms with E-state index in [4.69, 9.17) is 4.52 Å². The molecule has 0 amide bonds. The van der Waals surface area contributed by atoms with Gasteiger partial charge in [0, 0.05) is 12.6 Å². The second-order valence-corrected chi connectivity index (χ2v) is 6.41. The maximum absolute atomic E-state index is 12.5. The highest BCUT2D eigenvalue weighted by atomic mass is 32.2. The second kappa shape index (κ2) is 4.46. The van der Waals surface area contributed by atoms with E-state index in [0.717, 1.165) is 12.8 Å². The summed E-state index contributed by atoms with van der Waals surface area (Å²) in [5.74, 6) is 0.681. The van der Waals surface area contributed by atoms with Gasteiger partial charge in [-0.3, -0.25) is 0 Å². The Morgan fingerprint density at radius 2 is 2.37 bits per heavy atom. The molecule has 1 atom stereocenters. The molecule has 0 spiro atoms. The number of sulfonamides is 1. The summed E-state index contributed by atoms with van der Waals surface area (Å²) in [4.78, 5) is 6.41. The van der Waals surface area contributed by atoms with Crippen LogP contribution in [0, 0.1) is 6.92 Å². The standard InChI is InChI=1S/C11H14N4O3S/c1-8-5-9(14-18-8)10-3-2-4-15(10)19(16,17)11-6-12-7-13-11/h5-7,10H,2-4H2,1H3,(H,12,13). The van der Waals surface area contributed by atoms with Crippen molar-refractivity contribution in [2.45, 2.75) is 30.8 Å². The van der Waals surface area contributed by atoms with Crippen LogP contribution in [0.1, 0.15) is 30.3 Å². The minimum Gasteiger partial charge on any atom is -0.361 e. The van der Waals surface area contributed by atoms with Crippen LogP contribution < -0.4 is 0 Å². The van der Waals surface area contributed by atoms with Gasteiger partial charge in [-0.15, -0.1) is 0 Å². The maximum atomic E-state index is 12.5. The van der Waals surface area contributed by atoms with Crippen LogP contribution in [0.15, 0.2) is 28.1 Å². The van der Waals surface area contributed by atoms with Gasteiger partial charge in [-0.2, -0.15) is 4.31 Å². The van der Waals surface area contributed by atoms with Crippen molar-refractivity contribution in [3.05, 3.63) is 30.0 Å². The van der Waals surface area contributed by atoms with Crippen molar-refractivity contribution in [3.63, 3.8) is 0 Å². The molecule has 3 rings (SSSR count). The van der Waals surface area contributed by atoms with Crippen LogP contribution in [0.2, 0.25) is 0 Å². The van der Waals surface area contributed by atoms with Gasteiger partial charge in [0.05, 0.1) is 18.6 Å². The van der Waals surface area contributed by atoms with Crippen LogP contribution in [-0.4, -0.2) is 34.4 Å². The summed E-state index contributed by atoms with van der Waals surface area (Å²) in [5.41, 5.74) is 0.665. The molecule has 1 unspecified atom stereocenters. The van der Waals surface area contributed by atoms with Gasteiger partial charge in [-0.1, -0.05) is 5.16 Å². The summed E-state index contributed by atoms with van der Waals surface area (Å²) in [6.45, 7) is 2.27. The molecule has 1 saturated heterocycles. The van der Waals surface area contributed by atoms with E-state index < -0.39 is 10.0 Å². The molecule has 2 aromatic rings. The predicted molar refractivity (Wildman–Crippen MR) is 65.7 cm³/mol. The molecule has 0 radical (unpaired) electrons. The van der Waals surface area contributed by atoms with E-state index in [1.807, 2.05) is 0 Å². The average Bonchev–Trinajstić information content (AvgIpc) is 3.10. The zero-order chi connectivity index (χ0) is 13.5. The highest BCUT2D eigenvalue weighted by Gasteiger charge is 2.38. The Balaban J connectivity index is 1.96. The Bertz CT molecular complexity index is 662. The number of aromatic nitrogens is 3. The quantitative estimate of drug-likeness (QED) is 0.914. The molecule has 1 aliphatic rings. The Labute approximate surface area is 110 Å². The Kier molecular flexibility index (Phi) is 2.90. The normalized spacial score (nSPS) is 21.0. The topological polar surface area (TPSA) is 92.1 Å². The summed E-state index contributed by atoms with van der Waals surface area (Å²) >= 11 is 0. The summed E-state index contributed by atoms with van der Waals surface area (Å²) in [6.07, 6.45) is 4.24. The van der Waals surface area contributed by atoms with Gasteiger partial charge >= 0.3 is 0 Å². The minimum absolute atomic E-state index is 0.111. The van der Waals surface area contributed by atoms with Crippen LogP contribution in [0.4, 0.5) is 0 Å². The van der Waals surface area contributed by atoms with E-state index in [2.05, 4.69) is 15.1 Å². The van der Waals surface area contributed by atoms with Crippen molar-refractivity contribution in [2.24, 2.45) is 0 Å². The lowest BCUT2D eigenvalue weighted by Gasteiger charge is -2.21. The summed E-state index contributed by atoms with van der Waals surface area (Å²) in [7, 11) is -3.55. The number of rotatable bonds is 3. The minimum atomic E-state index is -3.55. The molecule has 19 heavy (non-hydrogen) atoms. The largest absolute Gasteiger partial charge is 0.361 e. The fourth-order valence-corrected chi connectivity index (χ4v) is 3.94.